The van der Waals surface area contributed by atoms with E-state index in [2.05, 4.69) is 22.8 Å². The summed E-state index contributed by atoms with van der Waals surface area (Å²) in [4.78, 5) is 13.3. The standard InChI is InChI=1S/C14H17N3OS2/c1-16-13(18)11-10(15)12(19-2)14(20-11)17-8-9-6-4-3-5-7-9/h3-7,17H,8,15H2,1-2H3,(H,16,18). The quantitative estimate of drug-likeness (QED) is 0.743. The molecule has 2 aromatic rings. The molecule has 0 saturated carbocycles. The van der Waals surface area contributed by atoms with E-state index in [-0.39, 0.29) is 5.91 Å². The number of rotatable bonds is 5. The summed E-state index contributed by atoms with van der Waals surface area (Å²) in [6.45, 7) is 0.710. The molecule has 1 amide bonds. The third kappa shape index (κ3) is 3.08. The monoisotopic (exact) mass is 307 g/mol. The maximum atomic E-state index is 11.8. The van der Waals surface area contributed by atoms with E-state index in [0.29, 0.717) is 17.1 Å². The second kappa shape index (κ2) is 6.67. The van der Waals surface area contributed by atoms with Crippen molar-refractivity contribution >= 4 is 39.7 Å². The lowest BCUT2D eigenvalue weighted by Crippen LogP contribution is -2.17. The maximum Gasteiger partial charge on any atom is 0.263 e. The molecule has 0 aliphatic heterocycles. The van der Waals surface area contributed by atoms with E-state index in [1.165, 1.54) is 16.9 Å². The molecule has 0 aliphatic rings. The van der Waals surface area contributed by atoms with Crippen LogP contribution >= 0.6 is 23.1 Å². The van der Waals surface area contributed by atoms with Crippen LogP contribution in [-0.4, -0.2) is 19.2 Å². The zero-order valence-corrected chi connectivity index (χ0v) is 13.0. The number of anilines is 2. The number of amides is 1. The first-order chi connectivity index (χ1) is 9.67. The fraction of sp³-hybridized carbons (Fsp3) is 0.214. The molecule has 4 N–H and O–H groups in total. The molecule has 20 heavy (non-hydrogen) atoms. The van der Waals surface area contributed by atoms with Gasteiger partial charge < -0.3 is 16.4 Å². The van der Waals surface area contributed by atoms with Crippen LogP contribution in [0.2, 0.25) is 0 Å². The van der Waals surface area contributed by atoms with Gasteiger partial charge in [0, 0.05) is 13.6 Å². The van der Waals surface area contributed by atoms with Crippen molar-refractivity contribution in [1.82, 2.24) is 5.32 Å². The Morgan fingerprint density at radius 1 is 1.35 bits per heavy atom. The highest BCUT2D eigenvalue weighted by atomic mass is 32.2. The third-order valence-electron chi connectivity index (χ3n) is 2.83. The van der Waals surface area contributed by atoms with Crippen molar-refractivity contribution in [2.24, 2.45) is 0 Å². The molecular formula is C14H17N3OS2. The van der Waals surface area contributed by atoms with Gasteiger partial charge >= 0.3 is 0 Å². The number of nitrogen functional groups attached to an aromatic ring is 1. The highest BCUT2D eigenvalue weighted by Crippen LogP contribution is 2.41. The van der Waals surface area contributed by atoms with Crippen molar-refractivity contribution in [3.05, 3.63) is 40.8 Å². The fourth-order valence-electron chi connectivity index (χ4n) is 1.81. The zero-order valence-electron chi connectivity index (χ0n) is 11.4. The first-order valence-electron chi connectivity index (χ1n) is 6.13. The van der Waals surface area contributed by atoms with Crippen LogP contribution in [0.15, 0.2) is 35.2 Å². The summed E-state index contributed by atoms with van der Waals surface area (Å²) in [7, 11) is 1.61. The molecule has 4 nitrogen and oxygen atoms in total. The van der Waals surface area contributed by atoms with E-state index in [1.807, 2.05) is 24.5 Å². The van der Waals surface area contributed by atoms with E-state index < -0.39 is 0 Å². The van der Waals surface area contributed by atoms with E-state index in [4.69, 9.17) is 5.73 Å². The predicted octanol–water partition coefficient (Wildman–Crippen LogP) is 3.02. The molecule has 2 rings (SSSR count). The van der Waals surface area contributed by atoms with Gasteiger partial charge in [-0.25, -0.2) is 0 Å². The molecule has 1 aromatic carbocycles. The number of carbonyl (C=O) groups excluding carboxylic acids is 1. The minimum Gasteiger partial charge on any atom is -0.396 e. The van der Waals surface area contributed by atoms with Crippen LogP contribution in [0.3, 0.4) is 0 Å². The SMILES string of the molecule is CNC(=O)c1sc(NCc2ccccc2)c(SC)c1N. The largest absolute Gasteiger partial charge is 0.396 e. The number of thiophene rings is 1. The van der Waals surface area contributed by atoms with Crippen LogP contribution in [0.1, 0.15) is 15.2 Å². The summed E-state index contributed by atoms with van der Waals surface area (Å²) < 4.78 is 0. The Balaban J connectivity index is 2.21. The Morgan fingerprint density at radius 2 is 2.05 bits per heavy atom. The van der Waals surface area contributed by atoms with E-state index in [9.17, 15) is 4.79 Å². The maximum absolute atomic E-state index is 11.8. The highest BCUT2D eigenvalue weighted by Gasteiger charge is 2.19. The van der Waals surface area contributed by atoms with Crippen molar-refractivity contribution in [1.29, 1.82) is 0 Å². The van der Waals surface area contributed by atoms with Gasteiger partial charge in [-0.3, -0.25) is 4.79 Å². The molecule has 1 heterocycles. The normalized spacial score (nSPS) is 10.3. The Bertz CT molecular complexity index is 596. The van der Waals surface area contributed by atoms with Gasteiger partial charge in [0.2, 0.25) is 0 Å². The fourth-order valence-corrected chi connectivity index (χ4v) is 3.79. The number of nitrogens with two attached hydrogens (primary N) is 1. The predicted molar refractivity (Wildman–Crippen MR) is 87.7 cm³/mol. The number of hydrogen-bond donors (Lipinski definition) is 3. The first kappa shape index (κ1) is 14.7. The molecular weight excluding hydrogens is 290 g/mol. The number of thioether (sulfide) groups is 1. The van der Waals surface area contributed by atoms with Crippen LogP contribution in [0, 0.1) is 0 Å². The Morgan fingerprint density at radius 3 is 2.65 bits per heavy atom. The van der Waals surface area contributed by atoms with Crippen LogP contribution in [0.4, 0.5) is 10.7 Å². The van der Waals surface area contributed by atoms with Gasteiger partial charge in [0.1, 0.15) is 9.88 Å². The number of hydrogen-bond acceptors (Lipinski definition) is 5. The summed E-state index contributed by atoms with van der Waals surface area (Å²) >= 11 is 2.94. The lowest BCUT2D eigenvalue weighted by atomic mass is 10.2. The molecule has 0 atom stereocenters. The molecule has 0 fully saturated rings. The molecule has 0 radical (unpaired) electrons. The number of benzene rings is 1. The summed E-state index contributed by atoms with van der Waals surface area (Å²) in [5.41, 5.74) is 7.79. The molecule has 1 aromatic heterocycles. The average molecular weight is 307 g/mol. The van der Waals surface area contributed by atoms with E-state index in [1.54, 1.807) is 18.8 Å². The Labute approximate surface area is 126 Å². The Kier molecular flexibility index (Phi) is 4.92. The van der Waals surface area contributed by atoms with E-state index in [0.717, 1.165) is 9.90 Å². The van der Waals surface area contributed by atoms with Crippen LogP contribution in [0.25, 0.3) is 0 Å². The van der Waals surface area contributed by atoms with Crippen molar-refractivity contribution in [3.8, 4) is 0 Å². The summed E-state index contributed by atoms with van der Waals surface area (Å²) in [6.07, 6.45) is 1.96. The second-order valence-corrected chi connectivity index (χ2v) is 5.96. The summed E-state index contributed by atoms with van der Waals surface area (Å²) in [5, 5.41) is 6.92. The Hall–Kier alpha value is -1.66. The van der Waals surface area contributed by atoms with Gasteiger partial charge in [-0.2, -0.15) is 0 Å². The van der Waals surface area contributed by atoms with Crippen LogP contribution in [-0.2, 0) is 6.54 Å². The molecule has 0 aliphatic carbocycles. The average Bonchev–Trinajstić information content (AvgIpc) is 2.81. The van der Waals surface area contributed by atoms with Gasteiger partial charge in [0.15, 0.2) is 0 Å². The molecule has 106 valence electrons. The minimum absolute atomic E-state index is 0.143. The van der Waals surface area contributed by atoms with Crippen molar-refractivity contribution in [2.45, 2.75) is 11.4 Å². The molecule has 0 saturated heterocycles. The molecule has 0 spiro atoms. The number of carbonyl (C=O) groups is 1. The number of nitrogens with one attached hydrogen (secondary N) is 2. The van der Waals surface area contributed by atoms with Crippen molar-refractivity contribution < 1.29 is 4.79 Å². The first-order valence-corrected chi connectivity index (χ1v) is 8.17. The van der Waals surface area contributed by atoms with Gasteiger partial charge in [0.05, 0.1) is 10.6 Å². The molecule has 6 heteroatoms. The summed E-state index contributed by atoms with van der Waals surface area (Å²) in [6, 6.07) is 10.1. The van der Waals surface area contributed by atoms with Crippen molar-refractivity contribution in [2.75, 3.05) is 24.4 Å². The molecule has 0 bridgehead atoms. The highest BCUT2D eigenvalue weighted by molar-refractivity contribution is 7.99. The second-order valence-electron chi connectivity index (χ2n) is 4.13. The minimum atomic E-state index is -0.143. The van der Waals surface area contributed by atoms with Crippen molar-refractivity contribution in [3.63, 3.8) is 0 Å². The van der Waals surface area contributed by atoms with Gasteiger partial charge in [0.25, 0.3) is 5.91 Å². The van der Waals surface area contributed by atoms with E-state index >= 15 is 0 Å². The van der Waals surface area contributed by atoms with Gasteiger partial charge in [-0.05, 0) is 11.8 Å². The zero-order chi connectivity index (χ0) is 14.5. The topological polar surface area (TPSA) is 67.2 Å². The lowest BCUT2D eigenvalue weighted by Gasteiger charge is -2.06. The third-order valence-corrected chi connectivity index (χ3v) is 4.96. The summed E-state index contributed by atoms with van der Waals surface area (Å²) in [5.74, 6) is -0.143. The molecule has 0 unspecified atom stereocenters. The lowest BCUT2D eigenvalue weighted by molar-refractivity contribution is 0.0968. The van der Waals surface area contributed by atoms with Gasteiger partial charge in [-0.15, -0.1) is 23.1 Å². The van der Waals surface area contributed by atoms with Crippen LogP contribution in [0.5, 0.6) is 0 Å². The smallest absolute Gasteiger partial charge is 0.263 e. The van der Waals surface area contributed by atoms with Gasteiger partial charge in [-0.1, -0.05) is 30.3 Å². The van der Waals surface area contributed by atoms with Crippen LogP contribution < -0.4 is 16.4 Å².